The number of carbonyl (C=O) groups is 1. The summed E-state index contributed by atoms with van der Waals surface area (Å²) >= 11 is 0. The first-order valence-corrected chi connectivity index (χ1v) is 21.4. The van der Waals surface area contributed by atoms with Crippen LogP contribution in [0.5, 0.6) is 5.75 Å². The summed E-state index contributed by atoms with van der Waals surface area (Å²) in [4.78, 5) is 16.7. The number of hydrogen-bond acceptors (Lipinski definition) is 4. The Labute approximate surface area is 323 Å². The normalized spacial score (nSPS) is 11.6. The summed E-state index contributed by atoms with van der Waals surface area (Å²) in [5.41, 5.74) is 4.82. The first-order valence-electron chi connectivity index (χ1n) is 21.4. The number of benzene rings is 3. The smallest absolute Gasteiger partial charge is 0.338 e. The van der Waals surface area contributed by atoms with Crippen LogP contribution in [-0.4, -0.2) is 24.9 Å². The van der Waals surface area contributed by atoms with Gasteiger partial charge in [-0.15, -0.1) is 0 Å². The first kappa shape index (κ1) is 43.7. The number of aliphatic imine (C=N–C) groups is 1. The molecule has 0 atom stereocenters. The maximum Gasteiger partial charge on any atom is 0.338 e. The van der Waals surface area contributed by atoms with Gasteiger partial charge in [0.1, 0.15) is 5.75 Å². The SMILES string of the molecule is CCCCCCCCCCCCCCCCCCCCCCCOc1ccc(C=Nc2ccc(C/C=C/c3ccc(C(=O)OC(C)C)cc3)cc2)cc1. The number of ether oxygens (including phenoxy) is 2. The molecule has 0 saturated heterocycles. The summed E-state index contributed by atoms with van der Waals surface area (Å²) in [5, 5.41) is 0. The maximum absolute atomic E-state index is 12.0. The van der Waals surface area contributed by atoms with E-state index in [1.54, 1.807) is 0 Å². The third kappa shape index (κ3) is 21.6. The largest absolute Gasteiger partial charge is 0.494 e. The zero-order valence-corrected chi connectivity index (χ0v) is 33.7. The van der Waals surface area contributed by atoms with Crippen molar-refractivity contribution in [3.63, 3.8) is 0 Å². The third-order valence-corrected chi connectivity index (χ3v) is 9.85. The van der Waals surface area contributed by atoms with Crippen LogP contribution in [-0.2, 0) is 11.2 Å². The molecule has 0 N–H and O–H groups in total. The lowest BCUT2D eigenvalue weighted by atomic mass is 10.0. The molecule has 0 saturated carbocycles. The van der Waals surface area contributed by atoms with Crippen molar-refractivity contribution < 1.29 is 14.3 Å². The van der Waals surface area contributed by atoms with Gasteiger partial charge in [-0.1, -0.05) is 172 Å². The lowest BCUT2D eigenvalue weighted by molar-refractivity contribution is 0.0378. The number of allylic oxidation sites excluding steroid dienone is 1. The second-order valence-electron chi connectivity index (χ2n) is 15.1. The first-order chi connectivity index (χ1) is 26.0. The maximum atomic E-state index is 12.0. The second kappa shape index (κ2) is 28.8. The van der Waals surface area contributed by atoms with Crippen molar-refractivity contribution in [2.24, 2.45) is 4.99 Å². The highest BCUT2D eigenvalue weighted by Gasteiger charge is 2.08. The molecule has 0 heterocycles. The van der Waals surface area contributed by atoms with Crippen molar-refractivity contribution in [1.82, 2.24) is 0 Å². The van der Waals surface area contributed by atoms with Crippen LogP contribution in [0.3, 0.4) is 0 Å². The minimum atomic E-state index is -0.286. The van der Waals surface area contributed by atoms with Crippen LogP contribution in [0, 0.1) is 0 Å². The van der Waals surface area contributed by atoms with Gasteiger partial charge in [0, 0.05) is 6.21 Å². The summed E-state index contributed by atoms with van der Waals surface area (Å²) in [6, 6.07) is 24.0. The van der Waals surface area contributed by atoms with E-state index in [0.29, 0.717) is 5.56 Å². The molecule has 0 aliphatic rings. The van der Waals surface area contributed by atoms with Crippen molar-refractivity contribution in [1.29, 1.82) is 0 Å². The molecular formula is C49H71NO3. The molecule has 4 nitrogen and oxygen atoms in total. The lowest BCUT2D eigenvalue weighted by Gasteiger charge is -2.07. The van der Waals surface area contributed by atoms with E-state index in [0.717, 1.165) is 42.0 Å². The zero-order chi connectivity index (χ0) is 37.6. The van der Waals surface area contributed by atoms with Gasteiger partial charge in [0.25, 0.3) is 0 Å². The Balaban J connectivity index is 1.14. The average Bonchev–Trinajstić information content (AvgIpc) is 3.17. The fraction of sp³-hybridized carbons (Fsp3) is 0.551. The molecule has 0 aliphatic carbocycles. The molecular weight excluding hydrogens is 651 g/mol. The van der Waals surface area contributed by atoms with Crippen LogP contribution in [0.1, 0.15) is 183 Å². The summed E-state index contributed by atoms with van der Waals surface area (Å²) in [5.74, 6) is 0.642. The van der Waals surface area contributed by atoms with E-state index in [1.807, 2.05) is 68.6 Å². The number of hydrogen-bond donors (Lipinski definition) is 0. The molecule has 0 amide bonds. The highest BCUT2D eigenvalue weighted by atomic mass is 16.5. The highest BCUT2D eigenvalue weighted by molar-refractivity contribution is 5.89. The Morgan fingerprint density at radius 2 is 1.06 bits per heavy atom. The summed E-state index contributed by atoms with van der Waals surface area (Å²) < 4.78 is 11.2. The van der Waals surface area contributed by atoms with Crippen molar-refractivity contribution in [2.75, 3.05) is 6.61 Å². The Kier molecular flexibility index (Phi) is 23.8. The Bertz CT molecular complexity index is 1390. The summed E-state index contributed by atoms with van der Waals surface area (Å²) in [6.07, 6.45) is 36.3. The Morgan fingerprint density at radius 3 is 1.55 bits per heavy atom. The topological polar surface area (TPSA) is 47.9 Å². The van der Waals surface area contributed by atoms with Crippen LogP contribution in [0.15, 0.2) is 83.9 Å². The molecule has 4 heteroatoms. The minimum Gasteiger partial charge on any atom is -0.494 e. The predicted octanol–water partition coefficient (Wildman–Crippen LogP) is 14.8. The molecule has 0 aromatic heterocycles. The highest BCUT2D eigenvalue weighted by Crippen LogP contribution is 2.18. The minimum absolute atomic E-state index is 0.122. The van der Waals surface area contributed by atoms with Crippen molar-refractivity contribution in [3.8, 4) is 5.75 Å². The molecule has 0 bridgehead atoms. The molecule has 0 fully saturated rings. The molecule has 3 rings (SSSR count). The van der Waals surface area contributed by atoms with Gasteiger partial charge >= 0.3 is 5.97 Å². The van der Waals surface area contributed by atoms with E-state index in [9.17, 15) is 4.79 Å². The number of esters is 1. The van der Waals surface area contributed by atoms with Crippen LogP contribution in [0.25, 0.3) is 6.08 Å². The van der Waals surface area contributed by atoms with Gasteiger partial charge in [-0.3, -0.25) is 4.99 Å². The monoisotopic (exact) mass is 722 g/mol. The Morgan fingerprint density at radius 1 is 0.585 bits per heavy atom. The van der Waals surface area contributed by atoms with Gasteiger partial charge in [-0.25, -0.2) is 4.79 Å². The number of carbonyl (C=O) groups excluding carboxylic acids is 1. The van der Waals surface area contributed by atoms with Gasteiger partial charge in [-0.2, -0.15) is 0 Å². The van der Waals surface area contributed by atoms with E-state index in [2.05, 4.69) is 48.3 Å². The molecule has 0 radical (unpaired) electrons. The van der Waals surface area contributed by atoms with Crippen molar-refractivity contribution in [2.45, 2.75) is 168 Å². The standard InChI is InChI=1S/C49H71NO3/c1-4-5-6-7-8-9-10-11-12-13-14-15-16-17-18-19-20-21-22-23-24-40-52-48-38-32-45(33-39-48)41-50-47-36-30-44(31-37-47)27-25-26-43-28-34-46(35-29-43)49(51)53-42(2)3/h25-26,28-39,41-42H,4-24,27,40H2,1-3H3/b26-25+,50-41?. The van der Waals surface area contributed by atoms with Gasteiger partial charge in [-0.05, 0) is 91.9 Å². The second-order valence-corrected chi connectivity index (χ2v) is 15.1. The van der Waals surface area contributed by atoms with Crippen molar-refractivity contribution >= 4 is 23.9 Å². The number of unbranched alkanes of at least 4 members (excludes halogenated alkanes) is 20. The molecule has 3 aromatic carbocycles. The lowest BCUT2D eigenvalue weighted by Crippen LogP contribution is -2.11. The quantitative estimate of drug-likeness (QED) is 0.0391. The van der Waals surface area contributed by atoms with E-state index in [1.165, 1.54) is 134 Å². The zero-order valence-electron chi connectivity index (χ0n) is 33.7. The van der Waals surface area contributed by atoms with Crippen LogP contribution in [0.4, 0.5) is 5.69 Å². The molecule has 0 spiro atoms. The van der Waals surface area contributed by atoms with E-state index < -0.39 is 0 Å². The van der Waals surface area contributed by atoms with Crippen LogP contribution >= 0.6 is 0 Å². The van der Waals surface area contributed by atoms with Crippen LogP contribution in [0.2, 0.25) is 0 Å². The molecule has 53 heavy (non-hydrogen) atoms. The molecule has 0 unspecified atom stereocenters. The van der Waals surface area contributed by atoms with E-state index in [-0.39, 0.29) is 12.1 Å². The predicted molar refractivity (Wildman–Crippen MR) is 228 cm³/mol. The molecule has 3 aromatic rings. The van der Waals surface area contributed by atoms with Gasteiger partial charge < -0.3 is 9.47 Å². The van der Waals surface area contributed by atoms with E-state index >= 15 is 0 Å². The van der Waals surface area contributed by atoms with Gasteiger partial charge in [0.2, 0.25) is 0 Å². The van der Waals surface area contributed by atoms with Gasteiger partial charge in [0.15, 0.2) is 0 Å². The fourth-order valence-electron chi connectivity index (χ4n) is 6.58. The summed E-state index contributed by atoms with van der Waals surface area (Å²) in [6.45, 7) is 6.79. The van der Waals surface area contributed by atoms with E-state index in [4.69, 9.17) is 9.47 Å². The molecule has 290 valence electrons. The third-order valence-electron chi connectivity index (χ3n) is 9.85. The molecule has 0 aliphatic heterocycles. The average molecular weight is 722 g/mol. The number of nitrogens with zero attached hydrogens (tertiary/aromatic N) is 1. The Hall–Kier alpha value is -3.66. The summed E-state index contributed by atoms with van der Waals surface area (Å²) in [7, 11) is 0. The fourth-order valence-corrected chi connectivity index (χ4v) is 6.58. The van der Waals surface area contributed by atoms with Crippen LogP contribution < -0.4 is 4.74 Å². The van der Waals surface area contributed by atoms with Crippen molar-refractivity contribution in [3.05, 3.63) is 101 Å². The number of rotatable bonds is 30. The van der Waals surface area contributed by atoms with Gasteiger partial charge in [0.05, 0.1) is 24.0 Å².